The van der Waals surface area contributed by atoms with Crippen LogP contribution in [0.4, 0.5) is 10.5 Å². The Kier molecular flexibility index (Phi) is 9.63. The van der Waals surface area contributed by atoms with Gasteiger partial charge in [0.15, 0.2) is 5.78 Å². The molecule has 0 spiro atoms. The number of hydrogen-bond donors (Lipinski definition) is 2. The zero-order valence-electron chi connectivity index (χ0n) is 23.8. The number of methoxy groups -OCH3 is 2. The van der Waals surface area contributed by atoms with Crippen LogP contribution in [0.3, 0.4) is 0 Å². The van der Waals surface area contributed by atoms with Gasteiger partial charge in [-0.15, -0.1) is 11.8 Å². The standard InChI is InChI=1S/C34H32N2O6S/c1-40-25-15-13-24(14-16-25)32-30(33(38)35-27-18-17-26(41-2)20-29(27)43-32)31(37)28(19-22-9-5-3-6-10-22)36-34(39)42-21-23-11-7-4-8-12-23/h3-18,20,28,30,32H,19,21H2,1-2H3,(H,35,38)(H,36,39)/t28?,30-,32+/m0/s1. The average molecular weight is 597 g/mol. The predicted octanol–water partition coefficient (Wildman–Crippen LogP) is 6.21. The Balaban J connectivity index is 1.48. The minimum atomic E-state index is -1.14. The molecule has 2 amide bonds. The molecule has 2 N–H and O–H groups in total. The molecule has 8 nitrogen and oxygen atoms in total. The number of benzene rings is 4. The van der Waals surface area contributed by atoms with E-state index in [0.717, 1.165) is 21.6 Å². The van der Waals surface area contributed by atoms with Crippen LogP contribution in [-0.2, 0) is 27.4 Å². The SMILES string of the molecule is COc1ccc([C@H]2Sc3cc(OC)ccc3NC(=O)[C@H]2C(=O)C(Cc2ccccc2)NC(=O)OCc2ccccc2)cc1. The normalized spacial score (nSPS) is 16.6. The van der Waals surface area contributed by atoms with Crippen molar-refractivity contribution in [2.24, 2.45) is 5.92 Å². The highest BCUT2D eigenvalue weighted by molar-refractivity contribution is 7.99. The van der Waals surface area contributed by atoms with Gasteiger partial charge < -0.3 is 24.8 Å². The molecule has 1 aliphatic heterocycles. The van der Waals surface area contributed by atoms with E-state index in [1.807, 2.05) is 78.9 Å². The molecule has 0 radical (unpaired) electrons. The van der Waals surface area contributed by atoms with E-state index in [9.17, 15) is 14.4 Å². The lowest BCUT2D eigenvalue weighted by atomic mass is 9.87. The molecule has 0 aromatic heterocycles. The largest absolute Gasteiger partial charge is 0.497 e. The third-order valence-electron chi connectivity index (χ3n) is 7.17. The molecule has 0 fully saturated rings. The third-order valence-corrected chi connectivity index (χ3v) is 8.56. The van der Waals surface area contributed by atoms with Crippen LogP contribution in [-0.4, -0.2) is 38.0 Å². The minimum absolute atomic E-state index is 0.0459. The van der Waals surface area contributed by atoms with Crippen molar-refractivity contribution in [3.05, 3.63) is 120 Å². The molecule has 4 aromatic rings. The van der Waals surface area contributed by atoms with Gasteiger partial charge in [0.05, 0.1) is 31.2 Å². The number of fused-ring (bicyclic) bond motifs is 1. The first-order valence-corrected chi connectivity index (χ1v) is 14.7. The molecule has 1 aliphatic rings. The molecule has 1 heterocycles. The molecule has 1 unspecified atom stereocenters. The molecule has 0 saturated carbocycles. The highest BCUT2D eigenvalue weighted by Gasteiger charge is 2.43. The zero-order valence-corrected chi connectivity index (χ0v) is 24.6. The van der Waals surface area contributed by atoms with E-state index < -0.39 is 35.0 Å². The monoisotopic (exact) mass is 596 g/mol. The van der Waals surface area contributed by atoms with Gasteiger partial charge in [0.25, 0.3) is 0 Å². The first-order chi connectivity index (χ1) is 20.9. The second kappa shape index (κ2) is 13.9. The predicted molar refractivity (Wildman–Crippen MR) is 165 cm³/mol. The topological polar surface area (TPSA) is 103 Å². The Hall–Kier alpha value is -4.76. The molecule has 0 saturated heterocycles. The van der Waals surface area contributed by atoms with Crippen LogP contribution >= 0.6 is 11.8 Å². The lowest BCUT2D eigenvalue weighted by molar-refractivity contribution is -0.132. The van der Waals surface area contributed by atoms with Gasteiger partial charge in [-0.3, -0.25) is 9.59 Å². The summed E-state index contributed by atoms with van der Waals surface area (Å²) in [5.74, 6) is -0.740. The van der Waals surface area contributed by atoms with Gasteiger partial charge >= 0.3 is 6.09 Å². The summed E-state index contributed by atoms with van der Waals surface area (Å²) in [6.07, 6.45) is -0.557. The van der Waals surface area contributed by atoms with Crippen molar-refractivity contribution in [2.75, 3.05) is 19.5 Å². The summed E-state index contributed by atoms with van der Waals surface area (Å²) in [7, 11) is 3.15. The highest BCUT2D eigenvalue weighted by atomic mass is 32.2. The second-order valence-corrected chi connectivity index (χ2v) is 11.2. The Morgan fingerprint density at radius 1 is 0.837 bits per heavy atom. The average Bonchev–Trinajstić information content (AvgIpc) is 3.19. The van der Waals surface area contributed by atoms with Crippen molar-refractivity contribution < 1.29 is 28.6 Å². The fourth-order valence-electron chi connectivity index (χ4n) is 4.91. The fraction of sp³-hybridized carbons (Fsp3) is 0.206. The summed E-state index contributed by atoms with van der Waals surface area (Å²) in [5.41, 5.74) is 3.00. The van der Waals surface area contributed by atoms with Crippen molar-refractivity contribution in [3.63, 3.8) is 0 Å². The van der Waals surface area contributed by atoms with Crippen LogP contribution in [0.2, 0.25) is 0 Å². The lowest BCUT2D eigenvalue weighted by Crippen LogP contribution is -2.48. The summed E-state index contributed by atoms with van der Waals surface area (Å²) in [6, 6.07) is 30.3. The van der Waals surface area contributed by atoms with E-state index in [2.05, 4.69) is 10.6 Å². The number of ketones is 1. The molecule has 5 rings (SSSR count). The van der Waals surface area contributed by atoms with Gasteiger partial charge in [0, 0.05) is 4.90 Å². The van der Waals surface area contributed by atoms with E-state index in [0.29, 0.717) is 17.2 Å². The molecule has 9 heteroatoms. The quantitative estimate of drug-likeness (QED) is 0.210. The van der Waals surface area contributed by atoms with Gasteiger partial charge in [0.1, 0.15) is 24.0 Å². The Labute approximate surface area is 254 Å². The van der Waals surface area contributed by atoms with E-state index in [-0.39, 0.29) is 13.0 Å². The Bertz CT molecular complexity index is 1560. The van der Waals surface area contributed by atoms with Crippen molar-refractivity contribution in [2.45, 2.75) is 29.2 Å². The number of ether oxygens (including phenoxy) is 3. The number of carbonyl (C=O) groups excluding carboxylic acids is 3. The molecular formula is C34H32N2O6S. The molecular weight excluding hydrogens is 564 g/mol. The zero-order chi connectivity index (χ0) is 30.2. The van der Waals surface area contributed by atoms with Gasteiger partial charge in [-0.05, 0) is 53.4 Å². The number of rotatable bonds is 10. The lowest BCUT2D eigenvalue weighted by Gasteiger charge is -2.27. The van der Waals surface area contributed by atoms with Crippen LogP contribution in [0.15, 0.2) is 108 Å². The minimum Gasteiger partial charge on any atom is -0.497 e. The van der Waals surface area contributed by atoms with E-state index >= 15 is 0 Å². The van der Waals surface area contributed by atoms with Gasteiger partial charge in [-0.1, -0.05) is 72.8 Å². The number of thioether (sulfide) groups is 1. The number of hydrogen-bond acceptors (Lipinski definition) is 7. The molecule has 0 bridgehead atoms. The summed E-state index contributed by atoms with van der Waals surface area (Å²) >= 11 is 1.40. The highest BCUT2D eigenvalue weighted by Crippen LogP contribution is 2.48. The molecule has 43 heavy (non-hydrogen) atoms. The van der Waals surface area contributed by atoms with Gasteiger partial charge in [-0.2, -0.15) is 0 Å². The fourth-order valence-corrected chi connectivity index (χ4v) is 6.30. The molecule has 4 aromatic carbocycles. The van der Waals surface area contributed by atoms with Crippen molar-refractivity contribution >= 4 is 35.2 Å². The summed E-state index contributed by atoms with van der Waals surface area (Å²) in [4.78, 5) is 42.1. The van der Waals surface area contributed by atoms with Crippen molar-refractivity contribution in [1.82, 2.24) is 5.32 Å². The maximum atomic E-state index is 14.5. The smallest absolute Gasteiger partial charge is 0.408 e. The van der Waals surface area contributed by atoms with Crippen LogP contribution in [0.1, 0.15) is 21.9 Å². The number of nitrogens with one attached hydrogen (secondary N) is 2. The molecule has 3 atom stereocenters. The maximum Gasteiger partial charge on any atom is 0.408 e. The van der Waals surface area contributed by atoms with Crippen molar-refractivity contribution in [1.29, 1.82) is 0 Å². The number of alkyl carbamates (subject to hydrolysis) is 1. The van der Waals surface area contributed by atoms with Crippen LogP contribution in [0.25, 0.3) is 0 Å². The van der Waals surface area contributed by atoms with Crippen LogP contribution in [0.5, 0.6) is 11.5 Å². The van der Waals surface area contributed by atoms with Crippen LogP contribution in [0, 0.1) is 5.92 Å². The van der Waals surface area contributed by atoms with Crippen molar-refractivity contribution in [3.8, 4) is 11.5 Å². The van der Waals surface area contributed by atoms with Crippen LogP contribution < -0.4 is 20.1 Å². The maximum absolute atomic E-state index is 14.5. The number of carbonyl (C=O) groups is 3. The first kappa shape index (κ1) is 29.7. The van der Waals surface area contributed by atoms with Gasteiger partial charge in [-0.25, -0.2) is 4.79 Å². The number of amides is 2. The Morgan fingerprint density at radius 2 is 1.47 bits per heavy atom. The number of anilines is 1. The second-order valence-electron chi connectivity index (χ2n) is 9.99. The molecule has 220 valence electrons. The summed E-state index contributed by atoms with van der Waals surface area (Å²) in [5, 5.41) is 5.10. The van der Waals surface area contributed by atoms with Gasteiger partial charge in [0.2, 0.25) is 5.91 Å². The summed E-state index contributed by atoms with van der Waals surface area (Å²) < 4.78 is 16.2. The Morgan fingerprint density at radius 3 is 2.12 bits per heavy atom. The van der Waals surface area contributed by atoms with E-state index in [1.54, 1.807) is 38.5 Å². The third kappa shape index (κ3) is 7.37. The molecule has 0 aliphatic carbocycles. The van der Waals surface area contributed by atoms with E-state index in [1.165, 1.54) is 11.8 Å². The van der Waals surface area contributed by atoms with E-state index in [4.69, 9.17) is 14.2 Å². The first-order valence-electron chi connectivity index (χ1n) is 13.8. The number of Topliss-reactive ketones (excluding diaryl/α,β-unsaturated/α-hetero) is 1. The summed E-state index contributed by atoms with van der Waals surface area (Å²) in [6.45, 7) is 0.0459.